The van der Waals surface area contributed by atoms with E-state index in [1.165, 1.54) is 0 Å². The number of para-hydroxylation sites is 1. The van der Waals surface area contributed by atoms with E-state index in [-0.39, 0.29) is 4.05 Å². The Balaban J connectivity index is 1.96. The van der Waals surface area contributed by atoms with E-state index in [2.05, 4.69) is 62.2 Å². The third-order valence-corrected chi connectivity index (χ3v) is 5.27. The van der Waals surface area contributed by atoms with Crippen LogP contribution in [0.3, 0.4) is 0 Å². The van der Waals surface area contributed by atoms with Gasteiger partial charge < -0.3 is 9.88 Å². The van der Waals surface area contributed by atoms with Crippen LogP contribution in [0, 0.1) is 11.3 Å². The molecule has 2 atom stereocenters. The Hall–Kier alpha value is -2.41. The van der Waals surface area contributed by atoms with Crippen LogP contribution in [0.5, 0.6) is 0 Å². The highest BCUT2D eigenvalue weighted by molar-refractivity contribution is 14.1. The second-order valence-corrected chi connectivity index (χ2v) is 7.26. The van der Waals surface area contributed by atoms with Crippen LogP contribution in [0.15, 0.2) is 72.0 Å². The Bertz CT molecular complexity index is 890. The number of halogens is 1. The van der Waals surface area contributed by atoms with Gasteiger partial charge in [-0.2, -0.15) is 11.1 Å². The molecule has 3 rings (SSSR count). The molecule has 0 bridgehead atoms. The number of benzene rings is 1. The van der Waals surface area contributed by atoms with Crippen molar-refractivity contribution in [2.45, 2.75) is 10.5 Å². The van der Waals surface area contributed by atoms with E-state index in [9.17, 15) is 0 Å². The minimum Gasteiger partial charge on any atom is -0.352 e. The van der Waals surface area contributed by atoms with Crippen LogP contribution in [0.4, 0.5) is 5.82 Å². The zero-order valence-electron chi connectivity index (χ0n) is 14.2. The number of anilines is 1. The zero-order valence-corrected chi connectivity index (χ0v) is 16.3. The predicted octanol–water partition coefficient (Wildman–Crippen LogP) is 2.15. The SMILES string of the molecule is C=CC(=C[NH+](N)C(I)CC#N)C1=NCNc2c1ccn2-c1ccccc1. The number of nitriles is 1. The molecule has 0 fully saturated rings. The van der Waals surface area contributed by atoms with Gasteiger partial charge in [0.15, 0.2) is 4.05 Å². The van der Waals surface area contributed by atoms with E-state index in [1.807, 2.05) is 36.7 Å². The van der Waals surface area contributed by atoms with Crippen LogP contribution in [-0.2, 0) is 0 Å². The van der Waals surface area contributed by atoms with Crippen LogP contribution >= 0.6 is 22.6 Å². The summed E-state index contributed by atoms with van der Waals surface area (Å²) in [5.41, 5.74) is 3.80. The van der Waals surface area contributed by atoms with E-state index in [0.29, 0.717) is 18.1 Å². The van der Waals surface area contributed by atoms with Gasteiger partial charge >= 0.3 is 0 Å². The normalized spacial score (nSPS) is 15.9. The van der Waals surface area contributed by atoms with Gasteiger partial charge in [0.05, 0.1) is 23.8 Å². The Morgan fingerprint density at radius 3 is 2.92 bits per heavy atom. The molecule has 2 heterocycles. The van der Waals surface area contributed by atoms with Gasteiger partial charge in [-0.25, -0.2) is 5.01 Å². The van der Waals surface area contributed by atoms with E-state index in [0.717, 1.165) is 28.4 Å². The predicted molar refractivity (Wildman–Crippen MR) is 112 cm³/mol. The van der Waals surface area contributed by atoms with E-state index in [1.54, 1.807) is 6.08 Å². The van der Waals surface area contributed by atoms with Crippen LogP contribution in [-0.4, -0.2) is 21.0 Å². The van der Waals surface area contributed by atoms with E-state index in [4.69, 9.17) is 11.1 Å². The van der Waals surface area contributed by atoms with Crippen LogP contribution in [0.1, 0.15) is 12.0 Å². The third-order valence-electron chi connectivity index (χ3n) is 4.11. The topological polar surface area (TPSA) is 83.6 Å². The van der Waals surface area contributed by atoms with Crippen molar-refractivity contribution in [2.75, 3.05) is 12.0 Å². The quantitative estimate of drug-likeness (QED) is 0.155. The van der Waals surface area contributed by atoms with Gasteiger partial charge in [0, 0.05) is 17.4 Å². The van der Waals surface area contributed by atoms with Gasteiger partial charge in [-0.05, 0) is 40.8 Å². The number of alkyl halides is 1. The molecule has 0 saturated carbocycles. The molecule has 1 aromatic heterocycles. The Kier molecular flexibility index (Phi) is 5.88. The monoisotopic (exact) mass is 459 g/mol. The summed E-state index contributed by atoms with van der Waals surface area (Å²) in [6.45, 7) is 4.40. The number of nitrogens with zero attached hydrogens (tertiary/aromatic N) is 3. The number of nitrogens with one attached hydrogen (secondary N) is 2. The molecule has 0 aliphatic carbocycles. The van der Waals surface area contributed by atoms with E-state index < -0.39 is 0 Å². The van der Waals surface area contributed by atoms with E-state index >= 15 is 0 Å². The van der Waals surface area contributed by atoms with Crippen molar-refractivity contribution in [3.05, 3.63) is 72.6 Å². The fourth-order valence-electron chi connectivity index (χ4n) is 2.82. The summed E-state index contributed by atoms with van der Waals surface area (Å²) in [6, 6.07) is 14.3. The number of fused-ring (bicyclic) bond motifs is 1. The number of aliphatic imine (C=N–C) groups is 1. The Morgan fingerprint density at radius 1 is 1.46 bits per heavy atom. The highest BCUT2D eigenvalue weighted by atomic mass is 127. The first-order valence-corrected chi connectivity index (χ1v) is 9.43. The van der Waals surface area contributed by atoms with Gasteiger partial charge in [-0.1, -0.05) is 30.9 Å². The largest absolute Gasteiger partial charge is 0.352 e. The fourth-order valence-corrected chi connectivity index (χ4v) is 3.20. The molecule has 2 unspecified atom stereocenters. The standard InChI is InChI=1S/C19H19IN6/c1-2-14(12-26(22)17(20)8-10-21)18-16-9-11-25(19(16)24-13-23-18)15-6-4-3-5-7-15/h2-7,9,11-12,17,24H,1,8,13,22H2/p+1. The van der Waals surface area contributed by atoms with Gasteiger partial charge in [-0.3, -0.25) is 4.99 Å². The number of quaternary nitrogens is 1. The summed E-state index contributed by atoms with van der Waals surface area (Å²) in [5.74, 6) is 7.16. The van der Waals surface area contributed by atoms with Crippen molar-refractivity contribution >= 4 is 34.1 Å². The second kappa shape index (κ2) is 8.31. The molecule has 26 heavy (non-hydrogen) atoms. The maximum absolute atomic E-state index is 8.87. The molecule has 1 aliphatic heterocycles. The van der Waals surface area contributed by atoms with Crippen molar-refractivity contribution in [1.82, 2.24) is 4.57 Å². The molecular weight excluding hydrogens is 439 g/mol. The summed E-state index contributed by atoms with van der Waals surface area (Å²) in [4.78, 5) is 4.62. The summed E-state index contributed by atoms with van der Waals surface area (Å²) in [7, 11) is 0. The number of rotatable bonds is 6. The molecule has 0 radical (unpaired) electrons. The first-order chi connectivity index (χ1) is 12.7. The summed E-state index contributed by atoms with van der Waals surface area (Å²) < 4.78 is 2.07. The van der Waals surface area contributed by atoms with Gasteiger partial charge in [-0.15, -0.1) is 0 Å². The van der Waals surface area contributed by atoms with Crippen molar-refractivity contribution in [3.8, 4) is 11.8 Å². The van der Waals surface area contributed by atoms with Gasteiger partial charge in [0.1, 0.15) is 18.7 Å². The Morgan fingerprint density at radius 2 is 2.23 bits per heavy atom. The molecular formula is C19H20IN6+. The molecule has 4 N–H and O–H groups in total. The molecule has 132 valence electrons. The molecule has 2 aromatic rings. The van der Waals surface area contributed by atoms with Gasteiger partial charge in [0.25, 0.3) is 0 Å². The number of aromatic nitrogens is 1. The summed E-state index contributed by atoms with van der Waals surface area (Å²) in [5, 5.41) is 12.9. The van der Waals surface area contributed by atoms with Crippen molar-refractivity contribution in [1.29, 1.82) is 5.26 Å². The maximum atomic E-state index is 8.87. The lowest BCUT2D eigenvalue weighted by molar-refractivity contribution is -0.866. The van der Waals surface area contributed by atoms with Gasteiger partial charge in [0.2, 0.25) is 0 Å². The maximum Gasteiger partial charge on any atom is 0.172 e. The molecule has 6 nitrogen and oxygen atoms in total. The average molecular weight is 459 g/mol. The molecule has 1 aromatic carbocycles. The molecule has 7 heteroatoms. The highest BCUT2D eigenvalue weighted by Crippen LogP contribution is 2.27. The van der Waals surface area contributed by atoms with Crippen LogP contribution in [0.25, 0.3) is 5.69 Å². The minimum absolute atomic E-state index is 0.0387. The third kappa shape index (κ3) is 3.72. The molecule has 0 amide bonds. The first-order valence-electron chi connectivity index (χ1n) is 8.19. The Labute approximate surface area is 166 Å². The first kappa shape index (κ1) is 18.4. The highest BCUT2D eigenvalue weighted by Gasteiger charge is 2.23. The molecule has 0 saturated heterocycles. The van der Waals surface area contributed by atoms with Crippen molar-refractivity contribution < 1.29 is 5.01 Å². The fraction of sp³-hybridized carbons (Fsp3) is 0.158. The number of nitrogens with two attached hydrogens (primary N) is 1. The summed E-state index contributed by atoms with van der Waals surface area (Å²) in [6.07, 6.45) is 6.03. The molecule has 0 spiro atoms. The summed E-state index contributed by atoms with van der Waals surface area (Å²) >= 11 is 2.18. The average Bonchev–Trinajstić information content (AvgIpc) is 3.11. The minimum atomic E-state index is -0.0387. The van der Waals surface area contributed by atoms with Crippen molar-refractivity contribution in [3.63, 3.8) is 0 Å². The lowest BCUT2D eigenvalue weighted by Crippen LogP contribution is -3.16. The smallest absolute Gasteiger partial charge is 0.172 e. The molecule has 1 aliphatic rings. The second-order valence-electron chi connectivity index (χ2n) is 5.76. The van der Waals surface area contributed by atoms with Crippen LogP contribution < -0.4 is 16.2 Å². The lowest BCUT2D eigenvalue weighted by atomic mass is 10.0. The number of hydrogen-bond acceptors (Lipinski definition) is 4. The van der Waals surface area contributed by atoms with Crippen LogP contribution in [0.2, 0.25) is 0 Å². The lowest BCUT2D eigenvalue weighted by Gasteiger charge is -2.20. The number of allylic oxidation sites excluding steroid dienone is 2. The zero-order chi connectivity index (χ0) is 18.5. The van der Waals surface area contributed by atoms with Crippen molar-refractivity contribution in [2.24, 2.45) is 10.8 Å². The number of hydrogen-bond donors (Lipinski definition) is 3.